The van der Waals surface area contributed by atoms with Gasteiger partial charge in [-0.25, -0.2) is 4.98 Å². The van der Waals surface area contributed by atoms with Crippen LogP contribution < -0.4 is 0 Å². The fraction of sp³-hybridized carbons (Fsp3) is 0.375. The van der Waals surface area contributed by atoms with Gasteiger partial charge < -0.3 is 14.2 Å². The number of ether oxygens (including phenoxy) is 1. The Labute approximate surface area is 196 Å². The Morgan fingerprint density at radius 1 is 1.22 bits per heavy atom. The van der Waals surface area contributed by atoms with Gasteiger partial charge in [-0.2, -0.15) is 0 Å². The number of likely N-dealkylation sites (tertiary alicyclic amines) is 1. The third kappa shape index (κ3) is 5.22. The van der Waals surface area contributed by atoms with Gasteiger partial charge in [0.15, 0.2) is 0 Å². The highest BCUT2D eigenvalue weighted by Gasteiger charge is 2.28. The van der Waals surface area contributed by atoms with Crippen molar-refractivity contribution in [2.45, 2.75) is 38.1 Å². The van der Waals surface area contributed by atoms with E-state index in [1.165, 1.54) is 11.3 Å². The molecule has 0 saturated carbocycles. The molecule has 3 heterocycles. The van der Waals surface area contributed by atoms with E-state index in [0.717, 1.165) is 36.4 Å². The van der Waals surface area contributed by atoms with E-state index in [1.807, 2.05) is 64.5 Å². The van der Waals surface area contributed by atoms with Crippen LogP contribution in [0.2, 0.25) is 5.02 Å². The number of carbonyl (C=O) groups excluding carboxylic acids is 2. The second-order valence-electron chi connectivity index (χ2n) is 7.96. The van der Waals surface area contributed by atoms with Crippen LogP contribution in [0.25, 0.3) is 10.6 Å². The van der Waals surface area contributed by atoms with Crippen molar-refractivity contribution < 1.29 is 14.3 Å². The molecule has 2 aromatic heterocycles. The van der Waals surface area contributed by atoms with E-state index in [2.05, 4.69) is 4.98 Å². The quantitative estimate of drug-likeness (QED) is 0.456. The van der Waals surface area contributed by atoms with E-state index in [9.17, 15) is 9.59 Å². The zero-order valence-electron chi connectivity index (χ0n) is 18.0. The van der Waals surface area contributed by atoms with Crippen molar-refractivity contribution in [1.29, 1.82) is 0 Å². The second-order valence-corrected chi connectivity index (χ2v) is 9.23. The molecule has 1 aliphatic heterocycles. The van der Waals surface area contributed by atoms with Crippen molar-refractivity contribution in [2.75, 3.05) is 13.2 Å². The molecule has 168 valence electrons. The minimum Gasteiger partial charge on any atom is -0.465 e. The largest absolute Gasteiger partial charge is 0.465 e. The summed E-state index contributed by atoms with van der Waals surface area (Å²) < 4.78 is 7.33. The number of aromatic nitrogens is 2. The molecule has 4 rings (SSSR count). The number of halogens is 1. The van der Waals surface area contributed by atoms with Crippen LogP contribution in [0.4, 0.5) is 0 Å². The van der Waals surface area contributed by atoms with Gasteiger partial charge in [-0.3, -0.25) is 9.59 Å². The molecule has 0 radical (unpaired) electrons. The van der Waals surface area contributed by atoms with Crippen molar-refractivity contribution in [1.82, 2.24) is 14.5 Å². The van der Waals surface area contributed by atoms with Gasteiger partial charge in [0.1, 0.15) is 10.7 Å². The van der Waals surface area contributed by atoms with Crippen LogP contribution in [0.3, 0.4) is 0 Å². The molecule has 1 aliphatic rings. The lowest BCUT2D eigenvalue weighted by atomic mass is 9.99. The molecule has 1 fully saturated rings. The van der Waals surface area contributed by atoms with Gasteiger partial charge in [-0.05, 0) is 37.5 Å². The Hall–Kier alpha value is -2.64. The third-order valence-electron chi connectivity index (χ3n) is 5.75. The lowest BCUT2D eigenvalue weighted by Crippen LogP contribution is -2.44. The molecule has 0 aliphatic carbocycles. The first kappa shape index (κ1) is 22.6. The number of benzene rings is 1. The number of nitrogens with zero attached hydrogens (tertiary/aromatic N) is 3. The molecule has 1 aromatic carbocycles. The molecule has 0 bridgehead atoms. The molecule has 0 N–H and O–H groups in total. The Morgan fingerprint density at radius 2 is 2.06 bits per heavy atom. The molecule has 0 spiro atoms. The van der Waals surface area contributed by atoms with E-state index < -0.39 is 0 Å². The van der Waals surface area contributed by atoms with Crippen LogP contribution in [0.5, 0.6) is 0 Å². The van der Waals surface area contributed by atoms with Gasteiger partial charge in [0.25, 0.3) is 5.91 Å². The minimum atomic E-state index is -0.308. The van der Waals surface area contributed by atoms with E-state index in [0.29, 0.717) is 29.4 Å². The standard InChI is InChI=1S/C24H26ClN3O3S/c1-27-12-6-10-21(27)24(30)28-13-5-4-7-18(28)11-14-31-22(29)15-17-16-32-23(26-17)19-8-2-3-9-20(19)25/h2-3,6,8-10,12,16,18H,4-5,7,11,13-15H2,1H3. The van der Waals surface area contributed by atoms with Crippen LogP contribution in [-0.2, 0) is 23.0 Å². The molecule has 8 heteroatoms. The predicted molar refractivity (Wildman–Crippen MR) is 126 cm³/mol. The fourth-order valence-electron chi connectivity index (χ4n) is 4.05. The van der Waals surface area contributed by atoms with E-state index in [-0.39, 0.29) is 24.3 Å². The van der Waals surface area contributed by atoms with Crippen molar-refractivity contribution >= 4 is 34.8 Å². The highest BCUT2D eigenvalue weighted by molar-refractivity contribution is 7.13. The highest BCUT2D eigenvalue weighted by Crippen LogP contribution is 2.30. The average Bonchev–Trinajstić information content (AvgIpc) is 3.43. The molecule has 1 atom stereocenters. The van der Waals surface area contributed by atoms with E-state index >= 15 is 0 Å². The maximum atomic E-state index is 13.0. The second kappa shape index (κ2) is 10.3. The molecule has 1 unspecified atom stereocenters. The molecular formula is C24H26ClN3O3S. The van der Waals surface area contributed by atoms with E-state index in [4.69, 9.17) is 16.3 Å². The van der Waals surface area contributed by atoms with Crippen molar-refractivity contribution in [3.8, 4) is 10.6 Å². The van der Waals surface area contributed by atoms with Gasteiger partial charge in [0, 0.05) is 43.2 Å². The summed E-state index contributed by atoms with van der Waals surface area (Å²) in [5.74, 6) is -0.264. The van der Waals surface area contributed by atoms with Crippen molar-refractivity contribution in [2.24, 2.45) is 7.05 Å². The summed E-state index contributed by atoms with van der Waals surface area (Å²) in [5.41, 5.74) is 2.22. The first-order chi connectivity index (χ1) is 15.5. The molecule has 3 aromatic rings. The van der Waals surface area contributed by atoms with Crippen LogP contribution >= 0.6 is 22.9 Å². The van der Waals surface area contributed by atoms with Crippen molar-refractivity contribution in [3.63, 3.8) is 0 Å². The summed E-state index contributed by atoms with van der Waals surface area (Å²) in [7, 11) is 1.88. The number of rotatable bonds is 7. The molecule has 6 nitrogen and oxygen atoms in total. The number of esters is 1. The number of thiazole rings is 1. The number of piperidine rings is 1. The Kier molecular flexibility index (Phi) is 7.27. The van der Waals surface area contributed by atoms with Gasteiger partial charge in [0.05, 0.1) is 23.7 Å². The van der Waals surface area contributed by atoms with Gasteiger partial charge >= 0.3 is 5.97 Å². The molecule has 32 heavy (non-hydrogen) atoms. The third-order valence-corrected chi connectivity index (χ3v) is 7.00. The zero-order valence-corrected chi connectivity index (χ0v) is 19.6. The van der Waals surface area contributed by atoms with Crippen LogP contribution in [0.1, 0.15) is 41.9 Å². The minimum absolute atomic E-state index is 0.0445. The number of aryl methyl sites for hydroxylation is 1. The fourth-order valence-corrected chi connectivity index (χ4v) is 5.19. The number of carbonyl (C=O) groups is 2. The SMILES string of the molecule is Cn1cccc1C(=O)N1CCCCC1CCOC(=O)Cc1csc(-c2ccccc2Cl)n1. The van der Waals surface area contributed by atoms with E-state index in [1.54, 1.807) is 0 Å². The lowest BCUT2D eigenvalue weighted by Gasteiger charge is -2.35. The Bertz CT molecular complexity index is 1090. The first-order valence-corrected chi connectivity index (χ1v) is 12.1. The predicted octanol–water partition coefficient (Wildman–Crippen LogP) is 4.97. The maximum absolute atomic E-state index is 13.0. The number of amides is 1. The molecular weight excluding hydrogens is 446 g/mol. The Morgan fingerprint density at radius 3 is 2.84 bits per heavy atom. The van der Waals surface area contributed by atoms with Crippen LogP contribution in [0, 0.1) is 0 Å². The van der Waals surface area contributed by atoms with Crippen molar-refractivity contribution in [3.05, 3.63) is 64.4 Å². The van der Waals surface area contributed by atoms with Crippen LogP contribution in [0.15, 0.2) is 48.0 Å². The summed E-state index contributed by atoms with van der Waals surface area (Å²) >= 11 is 7.70. The highest BCUT2D eigenvalue weighted by atomic mass is 35.5. The summed E-state index contributed by atoms with van der Waals surface area (Å²) in [6.07, 6.45) is 5.66. The normalized spacial score (nSPS) is 16.2. The summed E-state index contributed by atoms with van der Waals surface area (Å²) in [6.45, 7) is 1.04. The number of hydrogen-bond acceptors (Lipinski definition) is 5. The topological polar surface area (TPSA) is 64.4 Å². The van der Waals surface area contributed by atoms with Crippen LogP contribution in [-0.4, -0.2) is 45.5 Å². The van der Waals surface area contributed by atoms with Gasteiger partial charge in [-0.1, -0.05) is 29.8 Å². The lowest BCUT2D eigenvalue weighted by molar-refractivity contribution is -0.143. The number of hydrogen-bond donors (Lipinski definition) is 0. The smallest absolute Gasteiger partial charge is 0.311 e. The monoisotopic (exact) mass is 471 g/mol. The molecule has 1 amide bonds. The summed E-state index contributed by atoms with van der Waals surface area (Å²) in [6, 6.07) is 11.3. The molecule has 1 saturated heterocycles. The maximum Gasteiger partial charge on any atom is 0.311 e. The van der Waals surface area contributed by atoms with Gasteiger partial charge in [0.2, 0.25) is 0 Å². The first-order valence-electron chi connectivity index (χ1n) is 10.8. The Balaban J connectivity index is 1.29. The summed E-state index contributed by atoms with van der Waals surface area (Å²) in [4.78, 5) is 31.8. The van der Waals surface area contributed by atoms with Gasteiger partial charge in [-0.15, -0.1) is 11.3 Å². The average molecular weight is 472 g/mol. The zero-order chi connectivity index (χ0) is 22.5. The summed E-state index contributed by atoms with van der Waals surface area (Å²) in [5, 5.41) is 3.29.